The third kappa shape index (κ3) is 3.23. The molecule has 2 aromatic rings. The average Bonchev–Trinajstić information content (AvgIpc) is 2.45. The van der Waals surface area contributed by atoms with Gasteiger partial charge in [-0.1, -0.05) is 36.4 Å². The van der Waals surface area contributed by atoms with E-state index in [0.29, 0.717) is 13.1 Å². The van der Waals surface area contributed by atoms with Gasteiger partial charge >= 0.3 is 6.03 Å². The molecular formula is C15H19N3O. The Labute approximate surface area is 113 Å². The van der Waals surface area contributed by atoms with Crippen LogP contribution in [0.15, 0.2) is 42.5 Å². The highest BCUT2D eigenvalue weighted by molar-refractivity contribution is 6.01. The first-order chi connectivity index (χ1) is 9.22. The van der Waals surface area contributed by atoms with Gasteiger partial charge in [-0.15, -0.1) is 0 Å². The van der Waals surface area contributed by atoms with Crippen molar-refractivity contribution >= 4 is 22.5 Å². The fraction of sp³-hybridized carbons (Fsp3) is 0.267. The van der Waals surface area contributed by atoms with E-state index < -0.39 is 0 Å². The number of carbonyl (C=O) groups is 1. The van der Waals surface area contributed by atoms with Crippen LogP contribution in [0.3, 0.4) is 0 Å². The van der Waals surface area contributed by atoms with Crippen LogP contribution in [0.5, 0.6) is 0 Å². The van der Waals surface area contributed by atoms with Crippen molar-refractivity contribution in [1.82, 2.24) is 4.90 Å². The summed E-state index contributed by atoms with van der Waals surface area (Å²) >= 11 is 0. The van der Waals surface area contributed by atoms with Crippen molar-refractivity contribution in [3.63, 3.8) is 0 Å². The lowest BCUT2D eigenvalue weighted by molar-refractivity contribution is 0.222. The molecule has 100 valence electrons. The molecule has 0 aromatic heterocycles. The SMILES string of the molecule is CN(CCCN)C(=O)Nc1cccc2ccccc12. The molecule has 0 unspecified atom stereocenters. The predicted octanol–water partition coefficient (Wildman–Crippen LogP) is 2.65. The molecule has 0 atom stereocenters. The smallest absolute Gasteiger partial charge is 0.321 e. The minimum absolute atomic E-state index is 0.107. The number of hydrogen-bond donors (Lipinski definition) is 2. The monoisotopic (exact) mass is 257 g/mol. The van der Waals surface area contributed by atoms with E-state index in [0.717, 1.165) is 22.9 Å². The van der Waals surface area contributed by atoms with Crippen molar-refractivity contribution in [3.8, 4) is 0 Å². The zero-order valence-electron chi connectivity index (χ0n) is 11.1. The topological polar surface area (TPSA) is 58.4 Å². The highest BCUT2D eigenvalue weighted by atomic mass is 16.2. The number of rotatable bonds is 4. The minimum Gasteiger partial charge on any atom is -0.330 e. The third-order valence-corrected chi connectivity index (χ3v) is 3.08. The summed E-state index contributed by atoms with van der Waals surface area (Å²) in [7, 11) is 1.77. The summed E-state index contributed by atoms with van der Waals surface area (Å²) < 4.78 is 0. The van der Waals surface area contributed by atoms with E-state index in [2.05, 4.69) is 5.32 Å². The summed E-state index contributed by atoms with van der Waals surface area (Å²) in [5, 5.41) is 5.10. The van der Waals surface area contributed by atoms with Crippen molar-refractivity contribution in [2.24, 2.45) is 5.73 Å². The van der Waals surface area contributed by atoms with Crippen LogP contribution in [0.4, 0.5) is 10.5 Å². The van der Waals surface area contributed by atoms with Crippen molar-refractivity contribution < 1.29 is 4.79 Å². The zero-order chi connectivity index (χ0) is 13.7. The molecule has 0 aliphatic carbocycles. The third-order valence-electron chi connectivity index (χ3n) is 3.08. The summed E-state index contributed by atoms with van der Waals surface area (Å²) in [5.74, 6) is 0. The highest BCUT2D eigenvalue weighted by Crippen LogP contribution is 2.23. The number of carbonyl (C=O) groups excluding carboxylic acids is 1. The van der Waals surface area contributed by atoms with Gasteiger partial charge in [0.2, 0.25) is 0 Å². The first-order valence-electron chi connectivity index (χ1n) is 6.42. The molecule has 0 saturated heterocycles. The predicted molar refractivity (Wildman–Crippen MR) is 79.3 cm³/mol. The van der Waals surface area contributed by atoms with Crippen LogP contribution >= 0.6 is 0 Å². The molecule has 4 nitrogen and oxygen atoms in total. The van der Waals surface area contributed by atoms with Crippen LogP contribution in [0.25, 0.3) is 10.8 Å². The van der Waals surface area contributed by atoms with Gasteiger partial charge in [0.05, 0.1) is 5.69 Å². The number of nitrogens with one attached hydrogen (secondary N) is 1. The molecule has 0 radical (unpaired) electrons. The normalized spacial score (nSPS) is 10.4. The largest absolute Gasteiger partial charge is 0.330 e. The van der Waals surface area contributed by atoms with Gasteiger partial charge in [0.25, 0.3) is 0 Å². The fourth-order valence-electron chi connectivity index (χ4n) is 1.98. The van der Waals surface area contributed by atoms with Gasteiger partial charge in [-0.05, 0) is 24.4 Å². The highest BCUT2D eigenvalue weighted by Gasteiger charge is 2.09. The summed E-state index contributed by atoms with van der Waals surface area (Å²) in [6, 6.07) is 13.8. The number of urea groups is 1. The van der Waals surface area contributed by atoms with Crippen LogP contribution in [-0.4, -0.2) is 31.1 Å². The summed E-state index contributed by atoms with van der Waals surface area (Å²) in [4.78, 5) is 13.7. The summed E-state index contributed by atoms with van der Waals surface area (Å²) in [5.41, 5.74) is 6.28. The quantitative estimate of drug-likeness (QED) is 0.884. The second-order valence-electron chi connectivity index (χ2n) is 4.52. The van der Waals surface area contributed by atoms with Gasteiger partial charge in [-0.3, -0.25) is 0 Å². The molecule has 2 amide bonds. The summed E-state index contributed by atoms with van der Waals surface area (Å²) in [6.07, 6.45) is 0.805. The van der Waals surface area contributed by atoms with Crippen LogP contribution in [0, 0.1) is 0 Å². The standard InChI is InChI=1S/C15H19N3O/c1-18(11-5-10-16)15(19)17-14-9-4-7-12-6-2-3-8-13(12)14/h2-4,6-9H,5,10-11,16H2,1H3,(H,17,19). The van der Waals surface area contributed by atoms with E-state index in [1.165, 1.54) is 0 Å². The van der Waals surface area contributed by atoms with Crippen molar-refractivity contribution in [2.45, 2.75) is 6.42 Å². The molecule has 0 aliphatic rings. The Hall–Kier alpha value is -2.07. The lowest BCUT2D eigenvalue weighted by Crippen LogP contribution is -2.33. The number of nitrogens with zero attached hydrogens (tertiary/aromatic N) is 1. The van der Waals surface area contributed by atoms with Gasteiger partial charge in [-0.25, -0.2) is 4.79 Å². The zero-order valence-corrected chi connectivity index (χ0v) is 11.1. The van der Waals surface area contributed by atoms with Gasteiger partial charge in [0.15, 0.2) is 0 Å². The number of hydrogen-bond acceptors (Lipinski definition) is 2. The van der Waals surface area contributed by atoms with Crippen LogP contribution in [0.1, 0.15) is 6.42 Å². The lowest BCUT2D eigenvalue weighted by atomic mass is 10.1. The Morgan fingerprint density at radius 1 is 1.21 bits per heavy atom. The second kappa shape index (κ2) is 6.20. The van der Waals surface area contributed by atoms with E-state index in [1.807, 2.05) is 42.5 Å². The Bertz CT molecular complexity index is 563. The maximum atomic E-state index is 12.0. The van der Waals surface area contributed by atoms with E-state index in [1.54, 1.807) is 11.9 Å². The van der Waals surface area contributed by atoms with E-state index >= 15 is 0 Å². The second-order valence-corrected chi connectivity index (χ2v) is 4.52. The number of amides is 2. The Morgan fingerprint density at radius 3 is 2.74 bits per heavy atom. The average molecular weight is 257 g/mol. The molecular weight excluding hydrogens is 238 g/mol. The number of anilines is 1. The van der Waals surface area contributed by atoms with Crippen molar-refractivity contribution in [1.29, 1.82) is 0 Å². The van der Waals surface area contributed by atoms with E-state index in [4.69, 9.17) is 5.73 Å². The fourth-order valence-corrected chi connectivity index (χ4v) is 1.98. The molecule has 2 aromatic carbocycles. The van der Waals surface area contributed by atoms with Crippen molar-refractivity contribution in [3.05, 3.63) is 42.5 Å². The molecule has 3 N–H and O–H groups in total. The molecule has 19 heavy (non-hydrogen) atoms. The maximum Gasteiger partial charge on any atom is 0.321 e. The molecule has 0 heterocycles. The number of benzene rings is 2. The maximum absolute atomic E-state index is 12.0. The Balaban J connectivity index is 2.15. The molecule has 0 spiro atoms. The van der Waals surface area contributed by atoms with E-state index in [9.17, 15) is 4.79 Å². The minimum atomic E-state index is -0.107. The first-order valence-corrected chi connectivity index (χ1v) is 6.42. The lowest BCUT2D eigenvalue weighted by Gasteiger charge is -2.18. The number of fused-ring (bicyclic) bond motifs is 1. The molecule has 0 aliphatic heterocycles. The van der Waals surface area contributed by atoms with Gasteiger partial charge in [0.1, 0.15) is 0 Å². The molecule has 0 fully saturated rings. The molecule has 0 bridgehead atoms. The molecule has 4 heteroatoms. The van der Waals surface area contributed by atoms with Crippen molar-refractivity contribution in [2.75, 3.05) is 25.5 Å². The van der Waals surface area contributed by atoms with Gasteiger partial charge in [0, 0.05) is 19.0 Å². The van der Waals surface area contributed by atoms with Crippen LogP contribution < -0.4 is 11.1 Å². The molecule has 0 saturated carbocycles. The van der Waals surface area contributed by atoms with Gasteiger partial charge in [-0.2, -0.15) is 0 Å². The van der Waals surface area contributed by atoms with Crippen LogP contribution in [0.2, 0.25) is 0 Å². The van der Waals surface area contributed by atoms with Gasteiger partial charge < -0.3 is 16.0 Å². The van der Waals surface area contributed by atoms with E-state index in [-0.39, 0.29) is 6.03 Å². The first kappa shape index (κ1) is 13.4. The summed E-state index contributed by atoms with van der Waals surface area (Å²) in [6.45, 7) is 1.25. The Morgan fingerprint density at radius 2 is 1.95 bits per heavy atom. The van der Waals surface area contributed by atoms with Crippen LogP contribution in [-0.2, 0) is 0 Å². The Kier molecular flexibility index (Phi) is 4.36. The number of nitrogens with two attached hydrogens (primary N) is 1. The molecule has 2 rings (SSSR count).